The number of ether oxygens (including phenoxy) is 3. The quantitative estimate of drug-likeness (QED) is 0.139. The molecule has 0 aromatic rings. The van der Waals surface area contributed by atoms with Crippen molar-refractivity contribution in [3.8, 4) is 0 Å². The van der Waals surface area contributed by atoms with E-state index in [9.17, 15) is 9.59 Å². The molecule has 206 valence electrons. The molecular formula is C31H52O5. The topological polar surface area (TPSA) is 61.8 Å². The molecule has 0 aromatic carbocycles. The van der Waals surface area contributed by atoms with Gasteiger partial charge in [0.05, 0.1) is 18.6 Å². The second-order valence-electron chi connectivity index (χ2n) is 11.7. The lowest BCUT2D eigenvalue weighted by atomic mass is 9.70. The molecule has 0 N–H and O–H groups in total. The fourth-order valence-corrected chi connectivity index (χ4v) is 6.80. The van der Waals surface area contributed by atoms with Crippen molar-refractivity contribution in [1.29, 1.82) is 0 Å². The minimum atomic E-state index is -0.347. The molecule has 0 unspecified atom stereocenters. The third-order valence-electron chi connectivity index (χ3n) is 9.07. The van der Waals surface area contributed by atoms with E-state index in [-0.39, 0.29) is 30.1 Å². The Morgan fingerprint density at radius 3 is 1.94 bits per heavy atom. The van der Waals surface area contributed by atoms with Crippen molar-refractivity contribution in [2.75, 3.05) is 13.2 Å². The molecule has 3 fully saturated rings. The summed E-state index contributed by atoms with van der Waals surface area (Å²) in [6.07, 6.45) is 22.5. The zero-order valence-electron chi connectivity index (χ0n) is 22.9. The van der Waals surface area contributed by atoms with Crippen LogP contribution in [0.3, 0.4) is 0 Å². The van der Waals surface area contributed by atoms with Crippen molar-refractivity contribution in [2.24, 2.45) is 23.7 Å². The number of hydrogen-bond acceptors (Lipinski definition) is 5. The summed E-state index contributed by atoms with van der Waals surface area (Å²) in [5.41, 5.74) is 0. The Morgan fingerprint density at radius 2 is 1.33 bits per heavy atom. The van der Waals surface area contributed by atoms with Crippen molar-refractivity contribution in [3.63, 3.8) is 0 Å². The minimum Gasteiger partial charge on any atom is -0.463 e. The van der Waals surface area contributed by atoms with E-state index in [1.165, 1.54) is 57.4 Å². The van der Waals surface area contributed by atoms with Gasteiger partial charge in [0.1, 0.15) is 6.10 Å². The number of hydrogen-bond donors (Lipinski definition) is 0. The Bertz CT molecular complexity index is 637. The normalized spacial score (nSPS) is 30.9. The zero-order valence-corrected chi connectivity index (χ0v) is 22.9. The van der Waals surface area contributed by atoms with Crippen molar-refractivity contribution in [1.82, 2.24) is 0 Å². The van der Waals surface area contributed by atoms with E-state index in [0.29, 0.717) is 6.61 Å². The highest BCUT2D eigenvalue weighted by Gasteiger charge is 2.34. The number of carbonyl (C=O) groups excluding carboxylic acids is 2. The first-order valence-corrected chi connectivity index (χ1v) is 15.2. The SMILES string of the molecule is C=CC(=O)OCCCCCCOC1CCC(C(=O)OC2CCC(C3CCC(CCC)CC3)CC2)CC1. The number of carbonyl (C=O) groups is 2. The van der Waals surface area contributed by atoms with Gasteiger partial charge in [-0.3, -0.25) is 4.79 Å². The lowest BCUT2D eigenvalue weighted by molar-refractivity contribution is -0.158. The van der Waals surface area contributed by atoms with Gasteiger partial charge in [-0.15, -0.1) is 0 Å². The van der Waals surface area contributed by atoms with Gasteiger partial charge in [0.15, 0.2) is 0 Å². The average Bonchev–Trinajstić information content (AvgIpc) is 2.91. The van der Waals surface area contributed by atoms with Gasteiger partial charge in [-0.2, -0.15) is 0 Å². The number of rotatable bonds is 14. The summed E-state index contributed by atoms with van der Waals surface area (Å²) in [5.74, 6) is 2.54. The predicted molar refractivity (Wildman–Crippen MR) is 144 cm³/mol. The van der Waals surface area contributed by atoms with E-state index in [1.807, 2.05) is 0 Å². The van der Waals surface area contributed by atoms with Crippen LogP contribution in [0.25, 0.3) is 0 Å². The third kappa shape index (κ3) is 10.2. The van der Waals surface area contributed by atoms with Crippen LogP contribution in [-0.4, -0.2) is 37.4 Å². The molecule has 3 rings (SSSR count). The van der Waals surface area contributed by atoms with Crippen LogP contribution in [0.2, 0.25) is 0 Å². The van der Waals surface area contributed by atoms with Crippen LogP contribution >= 0.6 is 0 Å². The molecule has 3 aliphatic carbocycles. The maximum atomic E-state index is 12.8. The molecule has 0 radical (unpaired) electrons. The van der Waals surface area contributed by atoms with Crippen LogP contribution in [0.1, 0.15) is 122 Å². The molecule has 0 spiro atoms. The summed E-state index contributed by atoms with van der Waals surface area (Å²) >= 11 is 0. The van der Waals surface area contributed by atoms with Gasteiger partial charge in [-0.1, -0.05) is 45.6 Å². The van der Waals surface area contributed by atoms with Crippen LogP contribution in [-0.2, 0) is 23.8 Å². The van der Waals surface area contributed by atoms with Gasteiger partial charge < -0.3 is 14.2 Å². The highest BCUT2D eigenvalue weighted by Crippen LogP contribution is 2.41. The van der Waals surface area contributed by atoms with Gasteiger partial charge >= 0.3 is 11.9 Å². The Kier molecular flexibility index (Phi) is 13.4. The summed E-state index contributed by atoms with van der Waals surface area (Å²) in [6.45, 7) is 6.94. The molecule has 0 aliphatic heterocycles. The third-order valence-corrected chi connectivity index (χ3v) is 9.07. The van der Waals surface area contributed by atoms with Crippen LogP contribution in [0.4, 0.5) is 0 Å². The molecule has 0 bridgehead atoms. The van der Waals surface area contributed by atoms with Crippen LogP contribution in [0, 0.1) is 23.7 Å². The lowest BCUT2D eigenvalue weighted by Gasteiger charge is -2.38. The minimum absolute atomic E-state index is 0.0501. The fraction of sp³-hybridized carbons (Fsp3) is 0.871. The van der Waals surface area contributed by atoms with Gasteiger partial charge in [0.2, 0.25) is 0 Å². The highest BCUT2D eigenvalue weighted by molar-refractivity contribution is 5.81. The van der Waals surface area contributed by atoms with E-state index < -0.39 is 0 Å². The molecule has 0 heterocycles. The maximum absolute atomic E-state index is 12.8. The second-order valence-corrected chi connectivity index (χ2v) is 11.7. The van der Waals surface area contributed by atoms with Gasteiger partial charge in [0.25, 0.3) is 0 Å². The molecule has 3 saturated carbocycles. The van der Waals surface area contributed by atoms with Crippen molar-refractivity contribution >= 4 is 11.9 Å². The summed E-state index contributed by atoms with van der Waals surface area (Å²) in [7, 11) is 0. The van der Waals surface area contributed by atoms with Crippen LogP contribution < -0.4 is 0 Å². The first-order valence-electron chi connectivity index (χ1n) is 15.2. The largest absolute Gasteiger partial charge is 0.463 e. The summed E-state index contributed by atoms with van der Waals surface area (Å²) in [5, 5.41) is 0. The molecule has 5 heteroatoms. The van der Waals surface area contributed by atoms with Crippen molar-refractivity contribution in [2.45, 2.75) is 135 Å². The van der Waals surface area contributed by atoms with Crippen molar-refractivity contribution in [3.05, 3.63) is 12.7 Å². The van der Waals surface area contributed by atoms with Crippen LogP contribution in [0.5, 0.6) is 0 Å². The monoisotopic (exact) mass is 504 g/mol. The van der Waals surface area contributed by atoms with Crippen molar-refractivity contribution < 1.29 is 23.8 Å². The Balaban J connectivity index is 1.20. The number of unbranched alkanes of at least 4 members (excludes halogenated alkanes) is 3. The van der Waals surface area contributed by atoms with Crippen LogP contribution in [0.15, 0.2) is 12.7 Å². The molecule has 3 aliphatic rings. The van der Waals surface area contributed by atoms with E-state index in [2.05, 4.69) is 13.5 Å². The van der Waals surface area contributed by atoms with Gasteiger partial charge in [-0.25, -0.2) is 4.79 Å². The van der Waals surface area contributed by atoms with E-state index in [4.69, 9.17) is 14.2 Å². The number of esters is 2. The molecule has 0 amide bonds. The molecule has 0 atom stereocenters. The highest BCUT2D eigenvalue weighted by atomic mass is 16.5. The van der Waals surface area contributed by atoms with E-state index in [1.54, 1.807) is 0 Å². The Labute approximate surface area is 220 Å². The second kappa shape index (κ2) is 16.5. The predicted octanol–water partition coefficient (Wildman–Crippen LogP) is 7.56. The first kappa shape index (κ1) is 29.2. The average molecular weight is 505 g/mol. The van der Waals surface area contributed by atoms with Gasteiger partial charge in [0, 0.05) is 12.7 Å². The smallest absolute Gasteiger partial charge is 0.330 e. The first-order chi connectivity index (χ1) is 17.6. The van der Waals surface area contributed by atoms with E-state index in [0.717, 1.165) is 88.6 Å². The van der Waals surface area contributed by atoms with E-state index >= 15 is 0 Å². The zero-order chi connectivity index (χ0) is 25.6. The Hall–Kier alpha value is -1.36. The Morgan fingerprint density at radius 1 is 0.750 bits per heavy atom. The molecule has 0 aromatic heterocycles. The lowest BCUT2D eigenvalue weighted by Crippen LogP contribution is -2.33. The van der Waals surface area contributed by atoms with Gasteiger partial charge in [-0.05, 0) is 101 Å². The summed E-state index contributed by atoms with van der Waals surface area (Å²) in [6, 6.07) is 0. The molecule has 5 nitrogen and oxygen atoms in total. The maximum Gasteiger partial charge on any atom is 0.330 e. The molecular weight excluding hydrogens is 452 g/mol. The standard InChI is InChI=1S/C31H52O5/c1-3-9-24-10-12-25(13-11-24)26-14-20-29(21-15-26)36-31(33)27-16-18-28(19-17-27)34-22-7-5-6-8-23-35-30(32)4-2/h4,24-29H,2-3,5-23H2,1H3. The molecule has 0 saturated heterocycles. The fourth-order valence-electron chi connectivity index (χ4n) is 6.80. The summed E-state index contributed by atoms with van der Waals surface area (Å²) < 4.78 is 17.0. The molecule has 36 heavy (non-hydrogen) atoms. The summed E-state index contributed by atoms with van der Waals surface area (Å²) in [4.78, 5) is 23.8.